The van der Waals surface area contributed by atoms with Gasteiger partial charge in [-0.25, -0.2) is 17.8 Å². The van der Waals surface area contributed by atoms with Crippen LogP contribution in [-0.4, -0.2) is 49.9 Å². The summed E-state index contributed by atoms with van der Waals surface area (Å²) in [5.41, 5.74) is 1.50. The largest absolute Gasteiger partial charge is 0.379 e. The Hall–Kier alpha value is -2.37. The first-order chi connectivity index (χ1) is 15.3. The van der Waals surface area contributed by atoms with E-state index in [1.165, 1.54) is 46.0 Å². The van der Waals surface area contributed by atoms with Gasteiger partial charge in [-0.05, 0) is 49.4 Å². The van der Waals surface area contributed by atoms with E-state index < -0.39 is 15.9 Å². The maximum atomic E-state index is 13.2. The molecule has 0 atom stereocenters. The molecule has 1 saturated heterocycles. The van der Waals surface area contributed by atoms with Gasteiger partial charge >= 0.3 is 0 Å². The van der Waals surface area contributed by atoms with E-state index in [-0.39, 0.29) is 34.4 Å². The smallest absolute Gasteiger partial charge is 0.257 e. The second kappa shape index (κ2) is 9.24. The predicted octanol–water partition coefficient (Wildman–Crippen LogP) is 4.18. The minimum absolute atomic E-state index is 0.0386. The maximum Gasteiger partial charge on any atom is 0.257 e. The summed E-state index contributed by atoms with van der Waals surface area (Å²) in [7, 11) is -3.87. The Labute approximate surface area is 193 Å². The first-order valence-corrected chi connectivity index (χ1v) is 12.3. The molecule has 0 spiro atoms. The van der Waals surface area contributed by atoms with Gasteiger partial charge in [0.15, 0.2) is 5.13 Å². The van der Waals surface area contributed by atoms with Crippen molar-refractivity contribution >= 4 is 44.0 Å². The molecule has 32 heavy (non-hydrogen) atoms. The number of anilines is 1. The molecule has 1 aromatic heterocycles. The van der Waals surface area contributed by atoms with Gasteiger partial charge in [-0.1, -0.05) is 11.6 Å². The van der Waals surface area contributed by atoms with Crippen LogP contribution in [0.25, 0.3) is 11.3 Å². The zero-order chi connectivity index (χ0) is 22.9. The average molecular weight is 496 g/mol. The summed E-state index contributed by atoms with van der Waals surface area (Å²) in [4.78, 5) is 18.0. The summed E-state index contributed by atoms with van der Waals surface area (Å²) >= 11 is 7.43. The highest BCUT2D eigenvalue weighted by Gasteiger charge is 2.29. The van der Waals surface area contributed by atoms with Crippen molar-refractivity contribution in [2.45, 2.75) is 11.8 Å². The minimum atomic E-state index is -3.87. The molecule has 1 fully saturated rings. The second-order valence-corrected chi connectivity index (χ2v) is 10.6. The Morgan fingerprint density at radius 3 is 2.56 bits per heavy atom. The molecule has 2 aromatic carbocycles. The normalized spacial score (nSPS) is 15.0. The quantitative estimate of drug-likeness (QED) is 0.573. The lowest BCUT2D eigenvalue weighted by Crippen LogP contribution is -2.40. The standard InChI is InChI=1S/C21H19ClFN3O4S2/c1-13-19(14-2-5-16(23)6-3-14)24-21(31-13)25-20(27)15-4-7-17(22)18(12-15)32(28,29)26-8-10-30-11-9-26/h2-7,12H,8-11H2,1H3,(H,24,25,27). The Kier molecular flexibility index (Phi) is 6.59. The number of halogens is 2. The van der Waals surface area contributed by atoms with E-state index in [1.807, 2.05) is 6.92 Å². The lowest BCUT2D eigenvalue weighted by molar-refractivity contribution is 0.0730. The van der Waals surface area contributed by atoms with Gasteiger partial charge in [-0.3, -0.25) is 10.1 Å². The third-order valence-electron chi connectivity index (χ3n) is 4.92. The number of hydrogen-bond acceptors (Lipinski definition) is 6. The molecule has 0 bridgehead atoms. The number of aromatic nitrogens is 1. The van der Waals surface area contributed by atoms with Crippen LogP contribution in [-0.2, 0) is 14.8 Å². The highest BCUT2D eigenvalue weighted by Crippen LogP contribution is 2.31. The molecule has 0 aliphatic carbocycles. The number of morpholine rings is 1. The van der Waals surface area contributed by atoms with E-state index in [1.54, 1.807) is 12.1 Å². The Balaban J connectivity index is 1.57. The van der Waals surface area contributed by atoms with Crippen molar-refractivity contribution in [3.8, 4) is 11.3 Å². The third kappa shape index (κ3) is 4.69. The zero-order valence-corrected chi connectivity index (χ0v) is 19.4. The molecule has 0 unspecified atom stereocenters. The van der Waals surface area contributed by atoms with Crippen LogP contribution in [0.5, 0.6) is 0 Å². The summed E-state index contributed by atoms with van der Waals surface area (Å²) < 4.78 is 45.7. The van der Waals surface area contributed by atoms with Crippen molar-refractivity contribution in [1.29, 1.82) is 0 Å². The number of amides is 1. The van der Waals surface area contributed by atoms with Crippen LogP contribution >= 0.6 is 22.9 Å². The van der Waals surface area contributed by atoms with E-state index in [4.69, 9.17) is 16.3 Å². The molecule has 11 heteroatoms. The summed E-state index contributed by atoms with van der Waals surface area (Å²) in [6, 6.07) is 10.0. The number of nitrogens with one attached hydrogen (secondary N) is 1. The molecule has 1 N–H and O–H groups in total. The van der Waals surface area contributed by atoms with Crippen molar-refractivity contribution in [3.05, 3.63) is 63.7 Å². The minimum Gasteiger partial charge on any atom is -0.379 e. The molecule has 1 aliphatic rings. The monoisotopic (exact) mass is 495 g/mol. The van der Waals surface area contributed by atoms with Gasteiger partial charge in [-0.15, -0.1) is 11.3 Å². The van der Waals surface area contributed by atoms with Crippen LogP contribution in [0.3, 0.4) is 0 Å². The summed E-state index contributed by atoms with van der Waals surface area (Å²) in [6.07, 6.45) is 0. The average Bonchev–Trinajstić information content (AvgIpc) is 3.14. The van der Waals surface area contributed by atoms with E-state index >= 15 is 0 Å². The number of ether oxygens (including phenoxy) is 1. The number of rotatable bonds is 5. The molecular weight excluding hydrogens is 477 g/mol. The highest BCUT2D eigenvalue weighted by atomic mass is 35.5. The summed E-state index contributed by atoms with van der Waals surface area (Å²) in [5, 5.41) is 3.09. The molecule has 3 aromatic rings. The van der Waals surface area contributed by atoms with E-state index in [9.17, 15) is 17.6 Å². The first kappa shape index (κ1) is 22.8. The topological polar surface area (TPSA) is 88.6 Å². The van der Waals surface area contributed by atoms with Gasteiger partial charge in [0, 0.05) is 29.1 Å². The van der Waals surface area contributed by atoms with E-state index in [0.717, 1.165) is 10.4 Å². The van der Waals surface area contributed by atoms with Crippen LogP contribution in [0.4, 0.5) is 9.52 Å². The first-order valence-electron chi connectivity index (χ1n) is 9.68. The second-order valence-electron chi connectivity index (χ2n) is 7.05. The van der Waals surface area contributed by atoms with Gasteiger partial charge < -0.3 is 4.74 Å². The molecular formula is C21H19ClFN3O4S2. The van der Waals surface area contributed by atoms with Crippen LogP contribution in [0.1, 0.15) is 15.2 Å². The highest BCUT2D eigenvalue weighted by molar-refractivity contribution is 7.89. The molecule has 168 valence electrons. The lowest BCUT2D eigenvalue weighted by atomic mass is 10.1. The van der Waals surface area contributed by atoms with Crippen molar-refractivity contribution in [3.63, 3.8) is 0 Å². The number of thiazole rings is 1. The van der Waals surface area contributed by atoms with Gasteiger partial charge in [0.05, 0.1) is 23.9 Å². The van der Waals surface area contributed by atoms with E-state index in [0.29, 0.717) is 24.0 Å². The Morgan fingerprint density at radius 2 is 1.88 bits per heavy atom. The fraction of sp³-hybridized carbons (Fsp3) is 0.238. The van der Waals surface area contributed by atoms with Crippen molar-refractivity contribution in [1.82, 2.24) is 9.29 Å². The molecule has 1 aliphatic heterocycles. The number of carbonyl (C=O) groups is 1. The third-order valence-corrected chi connectivity index (χ3v) is 8.18. The van der Waals surface area contributed by atoms with Gasteiger partial charge in [0.2, 0.25) is 10.0 Å². The predicted molar refractivity (Wildman–Crippen MR) is 121 cm³/mol. The maximum absolute atomic E-state index is 13.2. The summed E-state index contributed by atoms with van der Waals surface area (Å²) in [5.74, 6) is -0.861. The molecule has 0 radical (unpaired) electrons. The fourth-order valence-corrected chi connectivity index (χ4v) is 6.00. The number of nitrogens with zero attached hydrogens (tertiary/aromatic N) is 2. The van der Waals surface area contributed by atoms with Crippen LogP contribution in [0, 0.1) is 12.7 Å². The number of sulfonamides is 1. The number of hydrogen-bond donors (Lipinski definition) is 1. The SMILES string of the molecule is Cc1sc(NC(=O)c2ccc(Cl)c(S(=O)(=O)N3CCOCC3)c2)nc1-c1ccc(F)cc1. The van der Waals surface area contributed by atoms with Crippen molar-refractivity contribution in [2.75, 3.05) is 31.6 Å². The van der Waals surface area contributed by atoms with Crippen molar-refractivity contribution < 1.29 is 22.3 Å². The number of benzene rings is 2. The van der Waals surface area contributed by atoms with Crippen LogP contribution in [0.2, 0.25) is 5.02 Å². The fourth-order valence-electron chi connectivity index (χ4n) is 3.26. The molecule has 1 amide bonds. The zero-order valence-electron chi connectivity index (χ0n) is 17.0. The Morgan fingerprint density at radius 1 is 1.19 bits per heavy atom. The van der Waals surface area contributed by atoms with E-state index in [2.05, 4.69) is 10.3 Å². The van der Waals surface area contributed by atoms with Crippen LogP contribution in [0.15, 0.2) is 47.4 Å². The Bertz CT molecular complexity index is 1260. The van der Waals surface area contributed by atoms with Gasteiger partial charge in [0.25, 0.3) is 5.91 Å². The number of aryl methyl sites for hydroxylation is 1. The molecule has 0 saturated carbocycles. The number of carbonyl (C=O) groups excluding carboxylic acids is 1. The molecule has 7 nitrogen and oxygen atoms in total. The van der Waals surface area contributed by atoms with Crippen LogP contribution < -0.4 is 5.32 Å². The summed E-state index contributed by atoms with van der Waals surface area (Å²) in [6.45, 7) is 2.90. The van der Waals surface area contributed by atoms with Gasteiger partial charge in [-0.2, -0.15) is 4.31 Å². The molecule has 2 heterocycles. The lowest BCUT2D eigenvalue weighted by Gasteiger charge is -2.26. The van der Waals surface area contributed by atoms with Crippen molar-refractivity contribution in [2.24, 2.45) is 0 Å². The molecule has 4 rings (SSSR count). The van der Waals surface area contributed by atoms with Gasteiger partial charge in [0.1, 0.15) is 10.7 Å².